The Labute approximate surface area is 122 Å². The van der Waals surface area contributed by atoms with Crippen LogP contribution in [-0.2, 0) is 4.74 Å². The van der Waals surface area contributed by atoms with Crippen LogP contribution in [-0.4, -0.2) is 59.1 Å². The van der Waals surface area contributed by atoms with Crippen LogP contribution in [0, 0.1) is 0 Å². The number of aliphatic hydroxyl groups is 2. The lowest BCUT2D eigenvalue weighted by Gasteiger charge is -2.21. The van der Waals surface area contributed by atoms with E-state index in [0.717, 1.165) is 0 Å². The molecule has 0 amide bonds. The Morgan fingerprint density at radius 2 is 2.24 bits per heavy atom. The maximum absolute atomic E-state index is 14.6. The van der Waals surface area contributed by atoms with Gasteiger partial charge in [-0.3, -0.25) is 4.57 Å². The summed E-state index contributed by atoms with van der Waals surface area (Å²) in [5.41, 5.74) is 2.73. The Bertz CT molecular complexity index is 740. The molecule has 8 nitrogen and oxygen atoms in total. The fourth-order valence-corrected chi connectivity index (χ4v) is 3.42. The smallest absolute Gasteiger partial charge is 0.179 e. The van der Waals surface area contributed by atoms with Crippen molar-refractivity contribution in [3.63, 3.8) is 0 Å². The van der Waals surface area contributed by atoms with Crippen molar-refractivity contribution in [2.75, 3.05) is 11.6 Å². The molecule has 3 heterocycles. The second-order valence-corrected chi connectivity index (χ2v) is 5.51. The van der Waals surface area contributed by atoms with E-state index < -0.39 is 29.7 Å². The van der Waals surface area contributed by atoms with Gasteiger partial charge in [-0.2, -0.15) is 0 Å². The third-order valence-electron chi connectivity index (χ3n) is 4.31. The van der Waals surface area contributed by atoms with E-state index in [-0.39, 0.29) is 17.3 Å². The number of nitrogens with zero attached hydrogens (tertiary/aromatic N) is 4. The molecule has 5 atom stereocenters. The van der Waals surface area contributed by atoms with Gasteiger partial charge in [-0.25, -0.2) is 19.3 Å². The zero-order valence-corrected chi connectivity index (χ0v) is 11.3. The average molecular weight is 316 g/mol. The van der Waals surface area contributed by atoms with Gasteiger partial charge in [-0.1, -0.05) is 0 Å². The van der Waals surface area contributed by atoms with Crippen LogP contribution in [0.3, 0.4) is 0 Å². The van der Waals surface area contributed by atoms with E-state index >= 15 is 0 Å². The lowest BCUT2D eigenvalue weighted by atomic mass is 10.1. The zero-order valence-electron chi connectivity index (χ0n) is 10.5. The monoisotopic (exact) mass is 315 g/mol. The molecular formula is C11H11ClFN5O3. The van der Waals surface area contributed by atoms with E-state index in [4.69, 9.17) is 22.1 Å². The maximum atomic E-state index is 14.6. The first kappa shape index (κ1) is 13.1. The van der Waals surface area contributed by atoms with Crippen molar-refractivity contribution < 1.29 is 19.3 Å². The van der Waals surface area contributed by atoms with Gasteiger partial charge < -0.3 is 20.7 Å². The summed E-state index contributed by atoms with van der Waals surface area (Å²) < 4.78 is 21.4. The first-order valence-electron chi connectivity index (χ1n) is 6.18. The minimum Gasteiger partial charge on any atom is -0.387 e. The van der Waals surface area contributed by atoms with Gasteiger partial charge in [-0.15, -0.1) is 11.6 Å². The minimum absolute atomic E-state index is 0.156. The highest BCUT2D eigenvalue weighted by Gasteiger charge is 2.87. The largest absolute Gasteiger partial charge is 0.387 e. The van der Waals surface area contributed by atoms with Crippen LogP contribution in [0.1, 0.15) is 6.23 Å². The van der Waals surface area contributed by atoms with Gasteiger partial charge in [0, 0.05) is 0 Å². The number of rotatable bonds is 2. The number of ether oxygens (including phenoxy) is 1. The molecule has 4 N–H and O–H groups in total. The number of anilines is 1. The number of nitrogen functional groups attached to an aromatic ring is 1. The molecule has 2 aromatic heterocycles. The van der Waals surface area contributed by atoms with E-state index in [1.165, 1.54) is 17.2 Å². The summed E-state index contributed by atoms with van der Waals surface area (Å²) in [6, 6.07) is 0. The fraction of sp³-hybridized carbons (Fsp3) is 0.545. The summed E-state index contributed by atoms with van der Waals surface area (Å²) in [5, 5.41) is 20.0. The predicted molar refractivity (Wildman–Crippen MR) is 69.2 cm³/mol. The molecule has 21 heavy (non-hydrogen) atoms. The number of hydrogen-bond donors (Lipinski definition) is 3. The van der Waals surface area contributed by atoms with Crippen molar-refractivity contribution in [3.8, 4) is 0 Å². The first-order chi connectivity index (χ1) is 9.97. The predicted octanol–water partition coefficient (Wildman–Crippen LogP) is -0.641. The highest BCUT2D eigenvalue weighted by atomic mass is 35.5. The summed E-state index contributed by atoms with van der Waals surface area (Å²) in [4.78, 5) is 11.8. The van der Waals surface area contributed by atoms with Crippen molar-refractivity contribution in [1.29, 1.82) is 0 Å². The zero-order chi connectivity index (χ0) is 15.0. The molecule has 1 saturated carbocycles. The maximum Gasteiger partial charge on any atom is 0.179 e. The molecule has 0 bridgehead atoms. The Morgan fingerprint density at radius 1 is 1.48 bits per heavy atom. The van der Waals surface area contributed by atoms with E-state index in [0.29, 0.717) is 5.52 Å². The van der Waals surface area contributed by atoms with Crippen molar-refractivity contribution in [2.45, 2.75) is 29.7 Å². The van der Waals surface area contributed by atoms with Gasteiger partial charge in [-0.05, 0) is 0 Å². The van der Waals surface area contributed by atoms with Gasteiger partial charge in [0.15, 0.2) is 29.5 Å². The molecule has 2 aliphatic rings. The molecule has 0 aromatic carbocycles. The van der Waals surface area contributed by atoms with Crippen LogP contribution in [0.5, 0.6) is 0 Å². The Balaban J connectivity index is 1.80. The Hall–Kier alpha value is -1.55. The molecule has 112 valence electrons. The average Bonchev–Trinajstić information content (AvgIpc) is 2.82. The first-order valence-corrected chi connectivity index (χ1v) is 6.72. The van der Waals surface area contributed by atoms with E-state index in [1.807, 2.05) is 0 Å². The summed E-state index contributed by atoms with van der Waals surface area (Å²) in [6.45, 7) is 0. The van der Waals surface area contributed by atoms with E-state index in [2.05, 4.69) is 15.0 Å². The van der Waals surface area contributed by atoms with Gasteiger partial charge in [0.05, 0.1) is 12.2 Å². The van der Waals surface area contributed by atoms with Crippen LogP contribution < -0.4 is 5.73 Å². The number of alkyl halides is 2. The highest BCUT2D eigenvalue weighted by Crippen LogP contribution is 2.64. The summed E-state index contributed by atoms with van der Waals surface area (Å²) in [6.07, 6.45) is -1.91. The number of nitrogens with two attached hydrogens (primary N) is 1. The molecule has 1 aliphatic heterocycles. The molecule has 1 saturated heterocycles. The lowest BCUT2D eigenvalue weighted by Crippen LogP contribution is -2.33. The molecule has 1 unspecified atom stereocenters. The number of aromatic nitrogens is 4. The van der Waals surface area contributed by atoms with E-state index in [1.54, 1.807) is 0 Å². The SMILES string of the molecule is Nc1ncnc2c1ncn2[C@@H]1O[C@]2(CCl)C(O)[C@]2(O)[C@H]1F. The second-order valence-electron chi connectivity index (χ2n) is 5.24. The molecule has 2 aromatic rings. The number of fused-ring (bicyclic) bond motifs is 2. The lowest BCUT2D eigenvalue weighted by molar-refractivity contribution is -0.0831. The number of imidazole rings is 1. The summed E-state index contributed by atoms with van der Waals surface area (Å²) in [5.74, 6) is -0.0751. The number of hydrogen-bond acceptors (Lipinski definition) is 7. The van der Waals surface area contributed by atoms with Crippen LogP contribution >= 0.6 is 11.6 Å². The summed E-state index contributed by atoms with van der Waals surface area (Å²) >= 11 is 5.73. The van der Waals surface area contributed by atoms with Crippen molar-refractivity contribution >= 4 is 28.6 Å². The van der Waals surface area contributed by atoms with Crippen LogP contribution in [0.25, 0.3) is 11.2 Å². The second kappa shape index (κ2) is 3.80. The molecule has 0 spiro atoms. The van der Waals surface area contributed by atoms with Gasteiger partial charge in [0.1, 0.15) is 23.5 Å². The van der Waals surface area contributed by atoms with E-state index in [9.17, 15) is 14.6 Å². The normalized spacial score (nSPS) is 41.4. The van der Waals surface area contributed by atoms with Crippen molar-refractivity contribution in [1.82, 2.24) is 19.5 Å². The van der Waals surface area contributed by atoms with Crippen LogP contribution in [0.2, 0.25) is 0 Å². The fourth-order valence-electron chi connectivity index (χ4n) is 3.00. The standard InChI is InChI=1S/C11H11ClFN5O3/c12-1-10-9(19)11(10,20)5(13)8(21-10)18-3-17-4-6(14)15-2-16-7(4)18/h2-3,5,8-9,19-20H,1H2,(H2,14,15,16)/t5-,8+,9?,10+,11+/m0/s1. The molecule has 4 rings (SSSR count). The molecule has 2 fully saturated rings. The quantitative estimate of drug-likeness (QED) is 0.630. The molecule has 1 aliphatic carbocycles. The third kappa shape index (κ3) is 1.28. The molecule has 10 heteroatoms. The topological polar surface area (TPSA) is 119 Å². The van der Waals surface area contributed by atoms with Gasteiger partial charge in [0.25, 0.3) is 0 Å². The molecular weight excluding hydrogens is 305 g/mol. The van der Waals surface area contributed by atoms with Crippen molar-refractivity contribution in [3.05, 3.63) is 12.7 Å². The highest BCUT2D eigenvalue weighted by molar-refractivity contribution is 6.19. The minimum atomic E-state index is -2.02. The van der Waals surface area contributed by atoms with Crippen LogP contribution in [0.15, 0.2) is 12.7 Å². The molecule has 0 radical (unpaired) electrons. The summed E-state index contributed by atoms with van der Waals surface area (Å²) in [7, 11) is 0. The number of aliphatic hydroxyl groups excluding tert-OH is 1. The van der Waals surface area contributed by atoms with Gasteiger partial charge in [0.2, 0.25) is 0 Å². The van der Waals surface area contributed by atoms with Gasteiger partial charge >= 0.3 is 0 Å². The Morgan fingerprint density at radius 3 is 2.90 bits per heavy atom. The van der Waals surface area contributed by atoms with Crippen molar-refractivity contribution in [2.24, 2.45) is 0 Å². The van der Waals surface area contributed by atoms with Crippen LogP contribution in [0.4, 0.5) is 10.2 Å². The third-order valence-corrected chi connectivity index (χ3v) is 4.71. The number of halogens is 2. The Kier molecular flexibility index (Phi) is 2.38.